The third-order valence-corrected chi connectivity index (χ3v) is 6.03. The Hall–Kier alpha value is -4.12. The molecular weight excluding hydrogens is 512 g/mol. The number of carbonyl (C=O) groups excluding carboxylic acids is 2. The number of thiazole rings is 1. The molecule has 3 aromatic heterocycles. The fraction of sp³-hybridized carbons (Fsp3) is 0.174. The van der Waals surface area contributed by atoms with Crippen molar-refractivity contribution in [2.24, 2.45) is 0 Å². The number of carboxylic acid groups (broad SMARTS) is 1. The molecular formula is C23H20FLiN7O5S. The summed E-state index contributed by atoms with van der Waals surface area (Å²) in [6, 6.07) is 4.69. The summed E-state index contributed by atoms with van der Waals surface area (Å²) in [5.41, 5.74) is 1.53. The van der Waals surface area contributed by atoms with E-state index in [-0.39, 0.29) is 46.6 Å². The number of carboxylic acids is 1. The second-order valence-electron chi connectivity index (χ2n) is 7.42. The standard InChI is InChI=1S/C23H20FN7O5S.Li/c1-3-25-22(35)31-23-30-16-15(24)12(8-13(18(16)37-23)14-6-4-5-7-26-14)11-9-27-21(28-10-11)29-17(19(32)33)20(34)36-2;/h4-10,17H,3H2,1-2H3,(H,32,33)(H,27,28,29)(H2,25,30,31,35);. The van der Waals surface area contributed by atoms with E-state index in [1.54, 1.807) is 37.4 Å². The maximum absolute atomic E-state index is 15.7. The molecule has 4 rings (SSSR count). The van der Waals surface area contributed by atoms with E-state index in [1.165, 1.54) is 12.4 Å². The van der Waals surface area contributed by atoms with Crippen molar-refractivity contribution >= 4 is 69.5 Å². The Bertz CT molecular complexity index is 1470. The van der Waals surface area contributed by atoms with Gasteiger partial charge in [-0.3, -0.25) is 10.3 Å². The molecule has 0 saturated carbocycles. The van der Waals surface area contributed by atoms with Gasteiger partial charge in [0, 0.05) is 60.7 Å². The van der Waals surface area contributed by atoms with Crippen LogP contribution >= 0.6 is 11.3 Å². The zero-order valence-corrected chi connectivity index (χ0v) is 21.3. The molecule has 1 aromatic carbocycles. The van der Waals surface area contributed by atoms with Gasteiger partial charge in [0.1, 0.15) is 5.52 Å². The number of amides is 2. The molecule has 15 heteroatoms. The number of esters is 1. The van der Waals surface area contributed by atoms with Crippen LogP contribution in [0.15, 0.2) is 42.9 Å². The number of benzene rings is 1. The van der Waals surface area contributed by atoms with Gasteiger partial charge in [-0.25, -0.2) is 33.7 Å². The van der Waals surface area contributed by atoms with E-state index < -0.39 is 29.8 Å². The van der Waals surface area contributed by atoms with Gasteiger partial charge in [0.05, 0.1) is 17.5 Å². The first kappa shape index (κ1) is 28.4. The first-order valence-electron chi connectivity index (χ1n) is 10.8. The molecule has 38 heavy (non-hydrogen) atoms. The summed E-state index contributed by atoms with van der Waals surface area (Å²) in [6.45, 7) is 2.18. The summed E-state index contributed by atoms with van der Waals surface area (Å²) in [5, 5.41) is 17.0. The molecule has 12 nitrogen and oxygen atoms in total. The Balaban J connectivity index is 0.00000400. The van der Waals surface area contributed by atoms with Crippen molar-refractivity contribution in [2.45, 2.75) is 13.0 Å². The molecule has 191 valence electrons. The van der Waals surface area contributed by atoms with Crippen molar-refractivity contribution in [2.75, 3.05) is 24.3 Å². The Morgan fingerprint density at radius 3 is 2.50 bits per heavy atom. The average molecular weight is 532 g/mol. The van der Waals surface area contributed by atoms with Crippen LogP contribution in [0.5, 0.6) is 0 Å². The van der Waals surface area contributed by atoms with Crippen LogP contribution in [0.1, 0.15) is 6.92 Å². The number of halogens is 1. The van der Waals surface area contributed by atoms with Crippen molar-refractivity contribution < 1.29 is 28.6 Å². The number of fused-ring (bicyclic) bond motifs is 1. The number of hydrogen-bond acceptors (Lipinski definition) is 10. The smallest absolute Gasteiger partial charge is 0.340 e. The largest absolute Gasteiger partial charge is 0.479 e. The quantitative estimate of drug-likeness (QED) is 0.150. The normalized spacial score (nSPS) is 11.2. The van der Waals surface area contributed by atoms with E-state index in [0.29, 0.717) is 22.5 Å². The van der Waals surface area contributed by atoms with Crippen LogP contribution in [-0.2, 0) is 14.3 Å². The minimum Gasteiger partial charge on any atom is -0.479 e. The maximum Gasteiger partial charge on any atom is 0.340 e. The van der Waals surface area contributed by atoms with Gasteiger partial charge in [-0.05, 0) is 25.1 Å². The number of ether oxygens (including phenoxy) is 1. The van der Waals surface area contributed by atoms with Gasteiger partial charge in [-0.1, -0.05) is 17.4 Å². The van der Waals surface area contributed by atoms with Crippen LogP contribution in [0.3, 0.4) is 0 Å². The first-order valence-corrected chi connectivity index (χ1v) is 11.6. The van der Waals surface area contributed by atoms with Crippen LogP contribution in [0.2, 0.25) is 0 Å². The predicted octanol–water partition coefficient (Wildman–Crippen LogP) is 2.75. The molecule has 4 aromatic rings. The van der Waals surface area contributed by atoms with Gasteiger partial charge in [0.2, 0.25) is 12.0 Å². The molecule has 2 amide bonds. The van der Waals surface area contributed by atoms with Crippen molar-refractivity contribution in [3.63, 3.8) is 0 Å². The van der Waals surface area contributed by atoms with Gasteiger partial charge in [-0.2, -0.15) is 0 Å². The zero-order chi connectivity index (χ0) is 26.5. The van der Waals surface area contributed by atoms with E-state index in [4.69, 9.17) is 0 Å². The second kappa shape index (κ2) is 12.4. The molecule has 3 heterocycles. The van der Waals surface area contributed by atoms with Crippen LogP contribution < -0.4 is 16.0 Å². The van der Waals surface area contributed by atoms with E-state index in [1.807, 2.05) is 0 Å². The summed E-state index contributed by atoms with van der Waals surface area (Å²) < 4.78 is 20.6. The maximum atomic E-state index is 15.7. The van der Waals surface area contributed by atoms with E-state index in [9.17, 15) is 19.5 Å². The number of methoxy groups -OCH3 is 1. The van der Waals surface area contributed by atoms with Gasteiger partial charge >= 0.3 is 18.0 Å². The summed E-state index contributed by atoms with van der Waals surface area (Å²) in [5.74, 6) is -3.35. The molecule has 1 radical (unpaired) electrons. The number of aromatic nitrogens is 4. The second-order valence-corrected chi connectivity index (χ2v) is 8.42. The zero-order valence-electron chi connectivity index (χ0n) is 20.5. The number of rotatable bonds is 8. The molecule has 4 N–H and O–H groups in total. The summed E-state index contributed by atoms with van der Waals surface area (Å²) >= 11 is 1.10. The van der Waals surface area contributed by atoms with Crippen molar-refractivity contribution in [3.8, 4) is 22.4 Å². The molecule has 0 aliphatic heterocycles. The average Bonchev–Trinajstić information content (AvgIpc) is 3.32. The number of pyridine rings is 1. The van der Waals surface area contributed by atoms with Crippen molar-refractivity contribution in [1.29, 1.82) is 0 Å². The molecule has 0 bridgehead atoms. The Labute approximate surface area is 231 Å². The number of carbonyl (C=O) groups is 3. The van der Waals surface area contributed by atoms with Crippen LogP contribution in [0.25, 0.3) is 32.6 Å². The van der Waals surface area contributed by atoms with Gasteiger partial charge in [0.15, 0.2) is 10.9 Å². The van der Waals surface area contributed by atoms with E-state index >= 15 is 4.39 Å². The number of hydrogen-bond donors (Lipinski definition) is 4. The SMILES string of the molecule is CCNC(=O)Nc1nc2c(F)c(-c3cnc(NC(C(=O)O)C(=O)OC)nc3)cc(-c3ccccn3)c2s1.[Li]. The van der Waals surface area contributed by atoms with Crippen LogP contribution in [0.4, 0.5) is 20.3 Å². The number of nitrogens with one attached hydrogen (secondary N) is 3. The third kappa shape index (κ3) is 6.05. The van der Waals surface area contributed by atoms with Crippen molar-refractivity contribution in [3.05, 3.63) is 48.7 Å². The minimum absolute atomic E-state index is 0. The van der Waals surface area contributed by atoms with Crippen LogP contribution in [0, 0.1) is 5.82 Å². The Morgan fingerprint density at radius 1 is 1.16 bits per heavy atom. The van der Waals surface area contributed by atoms with E-state index in [0.717, 1.165) is 18.4 Å². The summed E-state index contributed by atoms with van der Waals surface area (Å²) in [7, 11) is 1.05. The fourth-order valence-corrected chi connectivity index (χ4v) is 4.32. The summed E-state index contributed by atoms with van der Waals surface area (Å²) in [4.78, 5) is 51.7. The number of nitrogens with zero attached hydrogens (tertiary/aromatic N) is 4. The third-order valence-electron chi connectivity index (χ3n) is 5.02. The summed E-state index contributed by atoms with van der Waals surface area (Å²) in [6.07, 6.45) is 4.15. The van der Waals surface area contributed by atoms with Gasteiger partial charge in [0.25, 0.3) is 0 Å². The Morgan fingerprint density at radius 2 is 1.89 bits per heavy atom. The topological polar surface area (TPSA) is 168 Å². The molecule has 0 saturated heterocycles. The monoisotopic (exact) mass is 532 g/mol. The van der Waals surface area contributed by atoms with Gasteiger partial charge in [-0.15, -0.1) is 0 Å². The van der Waals surface area contributed by atoms with Gasteiger partial charge < -0.3 is 20.5 Å². The fourth-order valence-electron chi connectivity index (χ4n) is 3.34. The minimum atomic E-state index is -1.72. The molecule has 0 aliphatic carbocycles. The first-order chi connectivity index (χ1) is 17.8. The molecule has 0 fully saturated rings. The predicted molar refractivity (Wildman–Crippen MR) is 139 cm³/mol. The van der Waals surface area contributed by atoms with Crippen LogP contribution in [-0.4, -0.2) is 81.6 Å². The molecule has 0 aliphatic rings. The number of aliphatic carboxylic acids is 1. The van der Waals surface area contributed by atoms with Crippen molar-refractivity contribution in [1.82, 2.24) is 25.3 Å². The molecule has 0 spiro atoms. The number of urea groups is 1. The number of anilines is 2. The van der Waals surface area contributed by atoms with E-state index in [2.05, 4.69) is 40.6 Å². The molecule has 1 atom stereocenters. The molecule has 1 unspecified atom stereocenters. The Kier molecular flexibility index (Phi) is 9.29.